The second kappa shape index (κ2) is 7.26. The zero-order valence-corrected chi connectivity index (χ0v) is 12.9. The maximum Gasteiger partial charge on any atom is 0.161 e. The average Bonchev–Trinajstić information content (AvgIpc) is 2.93. The lowest BCUT2D eigenvalue weighted by Gasteiger charge is -2.14. The van der Waals surface area contributed by atoms with Gasteiger partial charge < -0.3 is 14.8 Å². The Morgan fingerprint density at radius 2 is 2.10 bits per heavy atom. The van der Waals surface area contributed by atoms with E-state index in [2.05, 4.69) is 16.4 Å². The van der Waals surface area contributed by atoms with Gasteiger partial charge in [0.05, 0.1) is 13.2 Å². The number of rotatable bonds is 7. The van der Waals surface area contributed by atoms with Crippen molar-refractivity contribution in [3.8, 4) is 11.5 Å². The number of methoxy groups -OCH3 is 1. The van der Waals surface area contributed by atoms with Crippen molar-refractivity contribution in [3.05, 3.63) is 40.3 Å². The second-order valence-electron chi connectivity index (χ2n) is 4.68. The molecule has 2 aromatic rings. The number of thiazole rings is 1. The SMILES string of the molecule is COc1cc(CNCc2nccs2)ccc1OC(C)C. The van der Waals surface area contributed by atoms with Crippen molar-refractivity contribution < 1.29 is 9.47 Å². The fourth-order valence-electron chi connectivity index (χ4n) is 1.83. The molecule has 5 heteroatoms. The van der Waals surface area contributed by atoms with Crippen LogP contribution in [0.15, 0.2) is 29.8 Å². The number of nitrogens with one attached hydrogen (secondary N) is 1. The third-order valence-electron chi connectivity index (χ3n) is 2.68. The van der Waals surface area contributed by atoms with Crippen LogP contribution in [0, 0.1) is 0 Å². The van der Waals surface area contributed by atoms with Gasteiger partial charge in [0, 0.05) is 24.7 Å². The fourth-order valence-corrected chi connectivity index (χ4v) is 2.41. The maximum atomic E-state index is 5.70. The number of nitrogens with zero attached hydrogens (tertiary/aromatic N) is 1. The molecule has 0 saturated heterocycles. The summed E-state index contributed by atoms with van der Waals surface area (Å²) in [6, 6.07) is 6.01. The summed E-state index contributed by atoms with van der Waals surface area (Å²) >= 11 is 1.66. The molecular formula is C15H20N2O2S. The van der Waals surface area contributed by atoms with Crippen LogP contribution >= 0.6 is 11.3 Å². The summed E-state index contributed by atoms with van der Waals surface area (Å²) in [5.41, 5.74) is 1.16. The van der Waals surface area contributed by atoms with E-state index in [-0.39, 0.29) is 6.10 Å². The molecule has 0 aliphatic rings. The van der Waals surface area contributed by atoms with E-state index in [0.29, 0.717) is 0 Å². The Balaban J connectivity index is 1.94. The molecule has 1 N–H and O–H groups in total. The average molecular weight is 292 g/mol. The van der Waals surface area contributed by atoms with Crippen molar-refractivity contribution in [1.82, 2.24) is 10.3 Å². The summed E-state index contributed by atoms with van der Waals surface area (Å²) in [5.74, 6) is 1.55. The summed E-state index contributed by atoms with van der Waals surface area (Å²) in [5, 5.41) is 6.45. The minimum absolute atomic E-state index is 0.137. The Kier molecular flexibility index (Phi) is 5.38. The van der Waals surface area contributed by atoms with E-state index in [1.54, 1.807) is 18.4 Å². The summed E-state index contributed by atoms with van der Waals surface area (Å²) in [6.07, 6.45) is 1.96. The van der Waals surface area contributed by atoms with E-state index >= 15 is 0 Å². The van der Waals surface area contributed by atoms with Crippen molar-refractivity contribution in [2.75, 3.05) is 7.11 Å². The number of benzene rings is 1. The molecule has 4 nitrogen and oxygen atoms in total. The summed E-state index contributed by atoms with van der Waals surface area (Å²) < 4.78 is 11.1. The molecule has 0 amide bonds. The van der Waals surface area contributed by atoms with Crippen LogP contribution in [-0.2, 0) is 13.1 Å². The molecule has 20 heavy (non-hydrogen) atoms. The normalized spacial score (nSPS) is 10.8. The Hall–Kier alpha value is -1.59. The molecular weight excluding hydrogens is 272 g/mol. The van der Waals surface area contributed by atoms with E-state index in [0.717, 1.165) is 35.2 Å². The third kappa shape index (κ3) is 4.21. The first kappa shape index (κ1) is 14.8. The molecule has 0 aliphatic carbocycles. The fraction of sp³-hybridized carbons (Fsp3) is 0.400. The molecule has 1 aromatic heterocycles. The van der Waals surface area contributed by atoms with Gasteiger partial charge >= 0.3 is 0 Å². The Bertz CT molecular complexity index is 527. The van der Waals surface area contributed by atoms with Gasteiger partial charge in [-0.15, -0.1) is 11.3 Å². The van der Waals surface area contributed by atoms with Crippen LogP contribution in [0.1, 0.15) is 24.4 Å². The van der Waals surface area contributed by atoms with Gasteiger partial charge in [0.2, 0.25) is 0 Å². The van der Waals surface area contributed by atoms with Crippen LogP contribution in [0.2, 0.25) is 0 Å². The molecule has 0 radical (unpaired) electrons. The highest BCUT2D eigenvalue weighted by atomic mass is 32.1. The van der Waals surface area contributed by atoms with Gasteiger partial charge in [0.25, 0.3) is 0 Å². The van der Waals surface area contributed by atoms with E-state index in [1.807, 2.05) is 37.6 Å². The van der Waals surface area contributed by atoms with Gasteiger partial charge in [-0.25, -0.2) is 4.98 Å². The Labute approximate surface area is 123 Å². The first-order valence-corrected chi connectivity index (χ1v) is 7.49. The minimum Gasteiger partial charge on any atom is -0.493 e. The summed E-state index contributed by atoms with van der Waals surface area (Å²) in [6.45, 7) is 5.56. The van der Waals surface area contributed by atoms with Crippen molar-refractivity contribution in [2.24, 2.45) is 0 Å². The zero-order chi connectivity index (χ0) is 14.4. The van der Waals surface area contributed by atoms with Gasteiger partial charge in [-0.1, -0.05) is 6.07 Å². The Morgan fingerprint density at radius 3 is 2.75 bits per heavy atom. The maximum absolute atomic E-state index is 5.70. The smallest absolute Gasteiger partial charge is 0.161 e. The lowest BCUT2D eigenvalue weighted by molar-refractivity contribution is 0.230. The van der Waals surface area contributed by atoms with Crippen LogP contribution in [0.5, 0.6) is 11.5 Å². The van der Waals surface area contributed by atoms with Crippen molar-refractivity contribution in [1.29, 1.82) is 0 Å². The lowest BCUT2D eigenvalue weighted by Crippen LogP contribution is -2.13. The molecule has 0 spiro atoms. The van der Waals surface area contributed by atoms with Gasteiger partial charge in [-0.3, -0.25) is 0 Å². The zero-order valence-electron chi connectivity index (χ0n) is 12.1. The standard InChI is InChI=1S/C15H20N2O2S/c1-11(2)19-13-5-4-12(8-14(13)18-3)9-16-10-15-17-6-7-20-15/h4-8,11,16H,9-10H2,1-3H3. The third-order valence-corrected chi connectivity index (χ3v) is 3.46. The molecule has 0 unspecified atom stereocenters. The van der Waals surface area contributed by atoms with Crippen molar-refractivity contribution in [2.45, 2.75) is 33.0 Å². The quantitative estimate of drug-likeness (QED) is 0.851. The lowest BCUT2D eigenvalue weighted by atomic mass is 10.2. The Morgan fingerprint density at radius 1 is 1.25 bits per heavy atom. The van der Waals surface area contributed by atoms with Crippen LogP contribution in [0.25, 0.3) is 0 Å². The predicted molar refractivity (Wildman–Crippen MR) is 81.4 cm³/mol. The molecule has 108 valence electrons. The minimum atomic E-state index is 0.137. The predicted octanol–water partition coefficient (Wildman–Crippen LogP) is 3.23. The highest BCUT2D eigenvalue weighted by Gasteiger charge is 2.07. The van der Waals surface area contributed by atoms with Crippen LogP contribution < -0.4 is 14.8 Å². The van der Waals surface area contributed by atoms with Gasteiger partial charge in [-0.05, 0) is 31.5 Å². The molecule has 1 aromatic carbocycles. The molecule has 0 atom stereocenters. The van der Waals surface area contributed by atoms with Gasteiger partial charge in [0.1, 0.15) is 5.01 Å². The topological polar surface area (TPSA) is 43.4 Å². The number of hydrogen-bond acceptors (Lipinski definition) is 5. The molecule has 0 saturated carbocycles. The summed E-state index contributed by atoms with van der Waals surface area (Å²) in [4.78, 5) is 4.24. The van der Waals surface area contributed by atoms with E-state index in [1.165, 1.54) is 0 Å². The van der Waals surface area contributed by atoms with Crippen LogP contribution in [0.4, 0.5) is 0 Å². The van der Waals surface area contributed by atoms with Gasteiger partial charge in [-0.2, -0.15) is 0 Å². The second-order valence-corrected chi connectivity index (χ2v) is 5.66. The summed E-state index contributed by atoms with van der Waals surface area (Å²) in [7, 11) is 1.66. The van der Waals surface area contributed by atoms with Crippen LogP contribution in [0.3, 0.4) is 0 Å². The first-order valence-electron chi connectivity index (χ1n) is 6.61. The molecule has 0 bridgehead atoms. The monoisotopic (exact) mass is 292 g/mol. The molecule has 2 rings (SSSR count). The van der Waals surface area contributed by atoms with E-state index in [4.69, 9.17) is 9.47 Å². The number of hydrogen-bond donors (Lipinski definition) is 1. The molecule has 0 aliphatic heterocycles. The van der Waals surface area contributed by atoms with Crippen molar-refractivity contribution in [3.63, 3.8) is 0 Å². The molecule has 0 fully saturated rings. The highest BCUT2D eigenvalue weighted by Crippen LogP contribution is 2.28. The van der Waals surface area contributed by atoms with E-state index in [9.17, 15) is 0 Å². The molecule has 1 heterocycles. The largest absolute Gasteiger partial charge is 0.493 e. The highest BCUT2D eigenvalue weighted by molar-refractivity contribution is 7.09. The van der Waals surface area contributed by atoms with Gasteiger partial charge in [0.15, 0.2) is 11.5 Å². The van der Waals surface area contributed by atoms with Crippen LogP contribution in [-0.4, -0.2) is 18.2 Å². The van der Waals surface area contributed by atoms with E-state index < -0.39 is 0 Å². The van der Waals surface area contributed by atoms with Crippen molar-refractivity contribution >= 4 is 11.3 Å². The number of ether oxygens (including phenoxy) is 2. The first-order chi connectivity index (χ1) is 9.69. The number of aromatic nitrogens is 1.